The number of hydrogen-bond acceptors (Lipinski definition) is 7. The minimum absolute atomic E-state index is 0.0595. The molecule has 144 valence electrons. The molecule has 0 unspecified atom stereocenters. The normalized spacial score (nSPS) is 11.9. The summed E-state index contributed by atoms with van der Waals surface area (Å²) in [6.45, 7) is 1.68. The number of benzene rings is 2. The summed E-state index contributed by atoms with van der Waals surface area (Å²) in [5.41, 5.74) is 1.18. The molecule has 1 heterocycles. The number of nitro groups is 1. The van der Waals surface area contributed by atoms with Crippen molar-refractivity contribution in [2.75, 3.05) is 5.75 Å². The van der Waals surface area contributed by atoms with Gasteiger partial charge in [0.15, 0.2) is 10.9 Å². The minimum Gasteiger partial charge on any atom is -0.393 e. The van der Waals surface area contributed by atoms with Crippen molar-refractivity contribution in [2.24, 2.45) is 0 Å². The lowest BCUT2D eigenvalue weighted by molar-refractivity contribution is -0.384. The molecule has 0 fully saturated rings. The van der Waals surface area contributed by atoms with Crippen molar-refractivity contribution in [3.63, 3.8) is 0 Å². The second-order valence-electron chi connectivity index (χ2n) is 6.14. The van der Waals surface area contributed by atoms with Crippen molar-refractivity contribution in [3.8, 4) is 5.69 Å². The third kappa shape index (κ3) is 4.62. The van der Waals surface area contributed by atoms with Crippen LogP contribution >= 0.6 is 11.8 Å². The number of aliphatic hydroxyl groups is 1. The van der Waals surface area contributed by atoms with Gasteiger partial charge in [-0.2, -0.15) is 0 Å². The van der Waals surface area contributed by atoms with Crippen molar-refractivity contribution in [3.05, 3.63) is 76.1 Å². The van der Waals surface area contributed by atoms with Gasteiger partial charge in [0, 0.05) is 29.8 Å². The monoisotopic (exact) mass is 398 g/mol. The summed E-state index contributed by atoms with van der Waals surface area (Å²) in [5.74, 6) is 0.545. The molecule has 8 nitrogen and oxygen atoms in total. The molecule has 0 aliphatic rings. The number of ketones is 1. The number of thioether (sulfide) groups is 1. The lowest BCUT2D eigenvalue weighted by Crippen LogP contribution is -2.11. The molecule has 1 aromatic heterocycles. The molecular formula is C19H18N4O4S. The van der Waals surface area contributed by atoms with Crippen LogP contribution < -0.4 is 0 Å². The van der Waals surface area contributed by atoms with Crippen LogP contribution in [0.3, 0.4) is 0 Å². The lowest BCUT2D eigenvalue weighted by atomic mass is 10.1. The molecule has 9 heteroatoms. The van der Waals surface area contributed by atoms with E-state index in [9.17, 15) is 20.0 Å². The molecule has 0 bridgehead atoms. The maximum atomic E-state index is 12.4. The van der Waals surface area contributed by atoms with E-state index in [1.807, 2.05) is 34.9 Å². The predicted molar refractivity (Wildman–Crippen MR) is 105 cm³/mol. The van der Waals surface area contributed by atoms with Crippen molar-refractivity contribution < 1.29 is 14.8 Å². The van der Waals surface area contributed by atoms with E-state index in [0.29, 0.717) is 23.0 Å². The maximum absolute atomic E-state index is 12.4. The largest absolute Gasteiger partial charge is 0.393 e. The van der Waals surface area contributed by atoms with E-state index in [1.54, 1.807) is 6.92 Å². The summed E-state index contributed by atoms with van der Waals surface area (Å²) in [5, 5.41) is 29.3. The van der Waals surface area contributed by atoms with Gasteiger partial charge >= 0.3 is 0 Å². The molecule has 0 saturated heterocycles. The Morgan fingerprint density at radius 3 is 2.46 bits per heavy atom. The minimum atomic E-state index is -0.578. The van der Waals surface area contributed by atoms with Crippen LogP contribution in [0.1, 0.15) is 23.1 Å². The number of carbonyl (C=O) groups is 1. The Bertz CT molecular complexity index is 971. The van der Waals surface area contributed by atoms with Gasteiger partial charge < -0.3 is 5.11 Å². The number of aromatic nitrogens is 3. The number of rotatable bonds is 8. The number of aliphatic hydroxyl groups excluding tert-OH is 1. The van der Waals surface area contributed by atoms with E-state index in [-0.39, 0.29) is 17.2 Å². The fourth-order valence-electron chi connectivity index (χ4n) is 2.61. The Hall–Kier alpha value is -3.04. The van der Waals surface area contributed by atoms with Crippen LogP contribution in [0, 0.1) is 10.1 Å². The molecule has 1 atom stereocenters. The third-order valence-electron chi connectivity index (χ3n) is 3.93. The maximum Gasteiger partial charge on any atom is 0.269 e. The van der Waals surface area contributed by atoms with Crippen molar-refractivity contribution in [2.45, 2.75) is 24.6 Å². The lowest BCUT2D eigenvalue weighted by Gasteiger charge is -2.11. The third-order valence-corrected chi connectivity index (χ3v) is 4.85. The van der Waals surface area contributed by atoms with E-state index in [1.165, 1.54) is 36.0 Å². The summed E-state index contributed by atoms with van der Waals surface area (Å²) in [4.78, 5) is 22.7. The molecule has 0 aliphatic heterocycles. The molecule has 0 saturated carbocycles. The number of hydrogen-bond donors (Lipinski definition) is 1. The zero-order valence-electron chi connectivity index (χ0n) is 15.1. The van der Waals surface area contributed by atoms with Gasteiger partial charge in [0.1, 0.15) is 5.82 Å². The Labute approximate surface area is 165 Å². The highest BCUT2D eigenvalue weighted by atomic mass is 32.2. The standard InChI is InChI=1S/C19H18N4O4S/c1-13(24)11-18-20-21-19(22(18)15-5-3-2-4-6-15)28-12-17(25)14-7-9-16(10-8-14)23(26)27/h2-10,13,24H,11-12H2,1H3/t13-/m1/s1. The molecule has 0 spiro atoms. The van der Waals surface area contributed by atoms with Crippen LogP contribution in [0.15, 0.2) is 59.8 Å². The zero-order chi connectivity index (χ0) is 20.1. The van der Waals surface area contributed by atoms with Gasteiger partial charge in [-0.3, -0.25) is 19.5 Å². The van der Waals surface area contributed by atoms with Gasteiger partial charge in [-0.15, -0.1) is 10.2 Å². The van der Waals surface area contributed by atoms with Crippen molar-refractivity contribution in [1.29, 1.82) is 0 Å². The molecule has 0 amide bonds. The van der Waals surface area contributed by atoms with E-state index in [0.717, 1.165) is 5.69 Å². The van der Waals surface area contributed by atoms with E-state index in [2.05, 4.69) is 10.2 Å². The van der Waals surface area contributed by atoms with Crippen LogP contribution in [0.2, 0.25) is 0 Å². The second-order valence-corrected chi connectivity index (χ2v) is 7.08. The molecule has 1 N–H and O–H groups in total. The molecule has 3 rings (SSSR count). The Kier molecular flexibility index (Phi) is 6.17. The zero-order valence-corrected chi connectivity index (χ0v) is 15.9. The fourth-order valence-corrected chi connectivity index (χ4v) is 3.47. The van der Waals surface area contributed by atoms with Gasteiger partial charge in [-0.1, -0.05) is 30.0 Å². The van der Waals surface area contributed by atoms with Gasteiger partial charge in [-0.25, -0.2) is 0 Å². The molecule has 28 heavy (non-hydrogen) atoms. The Morgan fingerprint density at radius 1 is 1.18 bits per heavy atom. The highest BCUT2D eigenvalue weighted by molar-refractivity contribution is 7.99. The van der Waals surface area contributed by atoms with Crippen LogP contribution in [0.5, 0.6) is 0 Å². The quantitative estimate of drug-likeness (QED) is 0.269. The number of para-hydroxylation sites is 1. The summed E-state index contributed by atoms with van der Waals surface area (Å²) >= 11 is 1.23. The second kappa shape index (κ2) is 8.77. The fraction of sp³-hybridized carbons (Fsp3) is 0.211. The first-order chi connectivity index (χ1) is 13.5. The van der Waals surface area contributed by atoms with Crippen LogP contribution in [-0.2, 0) is 6.42 Å². The first-order valence-corrected chi connectivity index (χ1v) is 9.52. The van der Waals surface area contributed by atoms with E-state index >= 15 is 0 Å². The number of carbonyl (C=O) groups excluding carboxylic acids is 1. The topological polar surface area (TPSA) is 111 Å². The summed E-state index contributed by atoms with van der Waals surface area (Å²) in [7, 11) is 0. The average molecular weight is 398 g/mol. The van der Waals surface area contributed by atoms with Crippen LogP contribution in [0.4, 0.5) is 5.69 Å². The number of nitrogens with zero attached hydrogens (tertiary/aromatic N) is 4. The molecule has 2 aromatic carbocycles. The smallest absolute Gasteiger partial charge is 0.269 e. The van der Waals surface area contributed by atoms with Gasteiger partial charge in [0.05, 0.1) is 16.8 Å². The Balaban J connectivity index is 1.79. The Morgan fingerprint density at radius 2 is 1.86 bits per heavy atom. The highest BCUT2D eigenvalue weighted by Gasteiger charge is 2.18. The number of Topliss-reactive ketones (excluding diaryl/α,β-unsaturated/α-hetero) is 1. The first-order valence-electron chi connectivity index (χ1n) is 8.54. The van der Waals surface area contributed by atoms with E-state index < -0.39 is 11.0 Å². The van der Waals surface area contributed by atoms with Gasteiger partial charge in [0.25, 0.3) is 5.69 Å². The van der Waals surface area contributed by atoms with Crippen molar-refractivity contribution in [1.82, 2.24) is 14.8 Å². The summed E-state index contributed by atoms with van der Waals surface area (Å²) in [6, 6.07) is 15.0. The highest BCUT2D eigenvalue weighted by Crippen LogP contribution is 2.24. The molecule has 0 aliphatic carbocycles. The van der Waals surface area contributed by atoms with Crippen LogP contribution in [0.25, 0.3) is 5.69 Å². The van der Waals surface area contributed by atoms with Crippen molar-refractivity contribution >= 4 is 23.2 Å². The first kappa shape index (κ1) is 19.7. The predicted octanol–water partition coefficient (Wildman–Crippen LogP) is 3.07. The van der Waals surface area contributed by atoms with Gasteiger partial charge in [0.2, 0.25) is 0 Å². The van der Waals surface area contributed by atoms with E-state index in [4.69, 9.17) is 0 Å². The number of non-ortho nitro benzene ring substituents is 1. The number of nitro benzene ring substituents is 1. The molecule has 3 aromatic rings. The van der Waals surface area contributed by atoms with Crippen LogP contribution in [-0.4, -0.2) is 42.4 Å². The summed E-state index contributed by atoms with van der Waals surface area (Å²) < 4.78 is 1.82. The average Bonchev–Trinajstić information content (AvgIpc) is 3.08. The summed E-state index contributed by atoms with van der Waals surface area (Å²) in [6.07, 6.45) is -0.245. The molecular weight excluding hydrogens is 380 g/mol. The van der Waals surface area contributed by atoms with Gasteiger partial charge in [-0.05, 0) is 31.2 Å². The molecule has 0 radical (unpaired) electrons. The SMILES string of the molecule is C[C@@H](O)Cc1nnc(SCC(=O)c2ccc([N+](=O)[O-])cc2)n1-c1ccccc1.